The lowest BCUT2D eigenvalue weighted by molar-refractivity contribution is 0.0188. The average Bonchev–Trinajstić information content (AvgIpc) is 2.44. The summed E-state index contributed by atoms with van der Waals surface area (Å²) in [5.41, 5.74) is 1.30. The van der Waals surface area contributed by atoms with Gasteiger partial charge in [-0.05, 0) is 31.2 Å². The third-order valence-electron chi connectivity index (χ3n) is 3.13. The van der Waals surface area contributed by atoms with Gasteiger partial charge in [-0.25, -0.2) is 4.79 Å². The Hall–Kier alpha value is -1.43. The fraction of sp³-hybridized carbons (Fsp3) is 0.562. The number of nitrogens with zero attached hydrogens (tertiary/aromatic N) is 1. The number of benzene rings is 1. The minimum absolute atomic E-state index is 0.283. The van der Waals surface area contributed by atoms with Crippen molar-refractivity contribution in [2.24, 2.45) is 0 Å². The van der Waals surface area contributed by atoms with E-state index in [2.05, 4.69) is 6.92 Å². The normalized spacial score (nSPS) is 12.6. The number of aliphatic hydroxyl groups excluding tert-OH is 1. The van der Waals surface area contributed by atoms with Crippen LogP contribution in [-0.4, -0.2) is 54.0 Å². The van der Waals surface area contributed by atoms with Crippen molar-refractivity contribution in [2.75, 3.05) is 26.8 Å². The van der Waals surface area contributed by atoms with E-state index in [-0.39, 0.29) is 5.56 Å². The van der Waals surface area contributed by atoms with E-state index >= 15 is 0 Å². The Morgan fingerprint density at radius 3 is 2.57 bits per heavy atom. The summed E-state index contributed by atoms with van der Waals surface area (Å²) in [6.07, 6.45) is 1.59. The van der Waals surface area contributed by atoms with E-state index in [0.717, 1.165) is 18.4 Å². The Bertz CT molecular complexity index is 419. The molecule has 0 radical (unpaired) electrons. The molecule has 1 aromatic rings. The second kappa shape index (κ2) is 9.50. The van der Waals surface area contributed by atoms with Crippen LogP contribution in [0.3, 0.4) is 0 Å². The van der Waals surface area contributed by atoms with Crippen molar-refractivity contribution in [3.8, 4) is 0 Å². The minimum atomic E-state index is -0.922. The molecule has 0 bridgehead atoms. The molecule has 2 N–H and O–H groups in total. The maximum Gasteiger partial charge on any atom is 0.335 e. The third-order valence-corrected chi connectivity index (χ3v) is 3.13. The van der Waals surface area contributed by atoms with E-state index in [4.69, 9.17) is 9.84 Å². The monoisotopic (exact) mass is 295 g/mol. The van der Waals surface area contributed by atoms with Crippen LogP contribution in [0.1, 0.15) is 35.7 Å². The van der Waals surface area contributed by atoms with Crippen molar-refractivity contribution in [1.29, 1.82) is 0 Å². The Kier molecular flexibility index (Phi) is 7.97. The molecule has 118 valence electrons. The lowest BCUT2D eigenvalue weighted by atomic mass is 10.1. The van der Waals surface area contributed by atoms with Crippen molar-refractivity contribution in [3.05, 3.63) is 35.4 Å². The molecular weight excluding hydrogens is 270 g/mol. The van der Waals surface area contributed by atoms with Crippen LogP contribution >= 0.6 is 0 Å². The van der Waals surface area contributed by atoms with E-state index in [1.807, 2.05) is 11.9 Å². The molecule has 0 fully saturated rings. The van der Waals surface area contributed by atoms with E-state index in [9.17, 15) is 9.90 Å². The fourth-order valence-corrected chi connectivity index (χ4v) is 2.01. The highest BCUT2D eigenvalue weighted by atomic mass is 16.5. The Balaban J connectivity index is 2.32. The number of unbranched alkanes of at least 4 members (excludes halogenated alkanes) is 1. The zero-order chi connectivity index (χ0) is 15.7. The molecule has 0 heterocycles. The molecule has 0 aliphatic rings. The first-order chi connectivity index (χ1) is 10.0. The quantitative estimate of drug-likeness (QED) is 0.646. The van der Waals surface area contributed by atoms with Crippen LogP contribution in [-0.2, 0) is 11.3 Å². The number of aliphatic hydroxyl groups is 1. The maximum atomic E-state index is 10.8. The average molecular weight is 295 g/mol. The Labute approximate surface area is 126 Å². The fourth-order valence-electron chi connectivity index (χ4n) is 2.01. The van der Waals surface area contributed by atoms with Gasteiger partial charge in [0.25, 0.3) is 0 Å². The van der Waals surface area contributed by atoms with E-state index in [1.165, 1.54) is 0 Å². The molecule has 0 amide bonds. The van der Waals surface area contributed by atoms with E-state index in [0.29, 0.717) is 26.3 Å². The second-order valence-corrected chi connectivity index (χ2v) is 5.28. The third kappa shape index (κ3) is 7.22. The van der Waals surface area contributed by atoms with E-state index < -0.39 is 12.1 Å². The Morgan fingerprint density at radius 1 is 1.33 bits per heavy atom. The molecule has 5 heteroatoms. The van der Waals surface area contributed by atoms with Crippen molar-refractivity contribution in [2.45, 2.75) is 32.4 Å². The lowest BCUT2D eigenvalue weighted by Crippen LogP contribution is -2.32. The van der Waals surface area contributed by atoms with Gasteiger partial charge in [-0.2, -0.15) is 0 Å². The number of hydrogen-bond donors (Lipinski definition) is 2. The summed E-state index contributed by atoms with van der Waals surface area (Å²) >= 11 is 0. The second-order valence-electron chi connectivity index (χ2n) is 5.28. The number of likely N-dealkylation sites (N-methyl/N-ethyl adjacent to an activating group) is 1. The summed E-state index contributed by atoms with van der Waals surface area (Å²) in [5, 5.41) is 18.7. The highest BCUT2D eigenvalue weighted by Crippen LogP contribution is 2.07. The molecular formula is C16H25NO4. The number of aromatic carboxylic acids is 1. The minimum Gasteiger partial charge on any atom is -0.478 e. The maximum absolute atomic E-state index is 10.8. The summed E-state index contributed by atoms with van der Waals surface area (Å²) in [4.78, 5) is 12.8. The number of carboxylic acid groups (broad SMARTS) is 1. The van der Waals surface area contributed by atoms with Crippen molar-refractivity contribution >= 4 is 5.97 Å². The van der Waals surface area contributed by atoms with Crippen LogP contribution in [0.5, 0.6) is 0 Å². The van der Waals surface area contributed by atoms with Gasteiger partial charge in [-0.3, -0.25) is 4.90 Å². The highest BCUT2D eigenvalue weighted by molar-refractivity contribution is 5.87. The van der Waals surface area contributed by atoms with Gasteiger partial charge in [0, 0.05) is 19.7 Å². The first kappa shape index (κ1) is 17.6. The molecule has 1 atom stereocenters. The van der Waals surface area contributed by atoms with Gasteiger partial charge in [0.15, 0.2) is 0 Å². The number of rotatable bonds is 10. The van der Waals surface area contributed by atoms with Crippen LogP contribution < -0.4 is 0 Å². The molecule has 1 unspecified atom stereocenters. The molecule has 5 nitrogen and oxygen atoms in total. The van der Waals surface area contributed by atoms with Crippen LogP contribution in [0, 0.1) is 0 Å². The Morgan fingerprint density at radius 2 is 2.00 bits per heavy atom. The molecule has 0 saturated heterocycles. The number of carboxylic acids is 1. The largest absolute Gasteiger partial charge is 0.478 e. The standard InChI is InChI=1S/C16H25NO4/c1-3-4-9-21-12-15(18)11-17(2)10-13-5-7-14(8-6-13)16(19)20/h5-8,15,18H,3-4,9-12H2,1-2H3,(H,19,20). The lowest BCUT2D eigenvalue weighted by Gasteiger charge is -2.20. The topological polar surface area (TPSA) is 70.0 Å². The predicted octanol–water partition coefficient (Wildman–Crippen LogP) is 1.99. The molecule has 1 aromatic carbocycles. The van der Waals surface area contributed by atoms with Crippen LogP contribution in [0.25, 0.3) is 0 Å². The molecule has 0 aromatic heterocycles. The summed E-state index contributed by atoms with van der Waals surface area (Å²) < 4.78 is 5.39. The summed E-state index contributed by atoms with van der Waals surface area (Å²) in [5.74, 6) is -0.922. The van der Waals surface area contributed by atoms with Crippen molar-refractivity contribution < 1.29 is 19.7 Å². The predicted molar refractivity (Wildman–Crippen MR) is 81.5 cm³/mol. The molecule has 1 rings (SSSR count). The van der Waals surface area contributed by atoms with Gasteiger partial charge in [0.1, 0.15) is 0 Å². The number of hydrogen-bond acceptors (Lipinski definition) is 4. The van der Waals surface area contributed by atoms with Crippen LogP contribution in [0.15, 0.2) is 24.3 Å². The van der Waals surface area contributed by atoms with Crippen molar-refractivity contribution in [3.63, 3.8) is 0 Å². The van der Waals surface area contributed by atoms with Gasteiger partial charge in [0.2, 0.25) is 0 Å². The van der Waals surface area contributed by atoms with Gasteiger partial charge in [-0.1, -0.05) is 25.5 Å². The van der Waals surface area contributed by atoms with Gasteiger partial charge in [-0.15, -0.1) is 0 Å². The summed E-state index contributed by atoms with van der Waals surface area (Å²) in [7, 11) is 1.92. The van der Waals surface area contributed by atoms with Gasteiger partial charge < -0.3 is 14.9 Å². The summed E-state index contributed by atoms with van der Waals surface area (Å²) in [6.45, 7) is 4.32. The first-order valence-corrected chi connectivity index (χ1v) is 7.29. The smallest absolute Gasteiger partial charge is 0.335 e. The molecule has 0 aliphatic carbocycles. The molecule has 21 heavy (non-hydrogen) atoms. The molecule has 0 saturated carbocycles. The zero-order valence-corrected chi connectivity index (χ0v) is 12.8. The molecule has 0 spiro atoms. The number of ether oxygens (including phenoxy) is 1. The first-order valence-electron chi connectivity index (χ1n) is 7.29. The highest BCUT2D eigenvalue weighted by Gasteiger charge is 2.09. The SMILES string of the molecule is CCCCOCC(O)CN(C)Cc1ccc(C(=O)O)cc1. The van der Waals surface area contributed by atoms with E-state index in [1.54, 1.807) is 24.3 Å². The molecule has 0 aliphatic heterocycles. The number of carbonyl (C=O) groups is 1. The van der Waals surface area contributed by atoms with Crippen LogP contribution in [0.4, 0.5) is 0 Å². The van der Waals surface area contributed by atoms with Gasteiger partial charge >= 0.3 is 5.97 Å². The van der Waals surface area contributed by atoms with Gasteiger partial charge in [0.05, 0.1) is 18.3 Å². The zero-order valence-electron chi connectivity index (χ0n) is 12.8. The summed E-state index contributed by atoms with van der Waals surface area (Å²) in [6, 6.07) is 6.78. The van der Waals surface area contributed by atoms with Crippen LogP contribution in [0.2, 0.25) is 0 Å². The van der Waals surface area contributed by atoms with Crippen molar-refractivity contribution in [1.82, 2.24) is 4.90 Å².